The Kier molecular flexibility index (Phi) is 2.88. The van der Waals surface area contributed by atoms with E-state index in [4.69, 9.17) is 5.73 Å². The Labute approximate surface area is 76.9 Å². The van der Waals surface area contributed by atoms with Gasteiger partial charge in [-0.2, -0.15) is 4.39 Å². The summed E-state index contributed by atoms with van der Waals surface area (Å²) in [6.45, 7) is -0.213. The van der Waals surface area contributed by atoms with Crippen LogP contribution in [0.4, 0.5) is 4.39 Å². The zero-order valence-electron chi connectivity index (χ0n) is 6.05. The number of Topliss-reactive ketones (excluding diaryl/α,β-unsaturated/α-hetero) is 1. The third kappa shape index (κ3) is 1.86. The molecule has 12 heavy (non-hydrogen) atoms. The Morgan fingerprint density at radius 2 is 2.42 bits per heavy atom. The van der Waals surface area contributed by atoms with Gasteiger partial charge in [0.2, 0.25) is 5.95 Å². The van der Waals surface area contributed by atoms with Crippen LogP contribution >= 0.6 is 15.9 Å². The van der Waals surface area contributed by atoms with Crippen molar-refractivity contribution in [2.75, 3.05) is 6.54 Å². The number of aromatic nitrogens is 1. The summed E-state index contributed by atoms with van der Waals surface area (Å²) in [5, 5.41) is 0. The quantitative estimate of drug-likeness (QED) is 0.615. The van der Waals surface area contributed by atoms with Gasteiger partial charge >= 0.3 is 0 Å². The number of carbonyl (C=O) groups excluding carboxylic acids is 1. The minimum absolute atomic E-state index is 0.0770. The molecule has 64 valence electrons. The number of rotatable bonds is 2. The fourth-order valence-electron chi connectivity index (χ4n) is 0.728. The van der Waals surface area contributed by atoms with Crippen LogP contribution in [0.1, 0.15) is 10.4 Å². The summed E-state index contributed by atoms with van der Waals surface area (Å²) in [5.74, 6) is -1.24. The van der Waals surface area contributed by atoms with Gasteiger partial charge in [0.1, 0.15) is 0 Å². The highest BCUT2D eigenvalue weighted by Gasteiger charge is 2.10. The molecule has 5 heteroatoms. The minimum atomic E-state index is -0.784. The summed E-state index contributed by atoms with van der Waals surface area (Å²) in [7, 11) is 0. The molecule has 1 rings (SSSR count). The second-order valence-corrected chi connectivity index (χ2v) is 3.03. The van der Waals surface area contributed by atoms with Gasteiger partial charge in [0, 0.05) is 10.7 Å². The topological polar surface area (TPSA) is 56.0 Å². The molecular weight excluding hydrogens is 227 g/mol. The van der Waals surface area contributed by atoms with Gasteiger partial charge in [-0.05, 0) is 22.0 Å². The first-order chi connectivity index (χ1) is 5.65. The van der Waals surface area contributed by atoms with Crippen molar-refractivity contribution in [1.82, 2.24) is 4.98 Å². The molecule has 0 aliphatic rings. The predicted molar refractivity (Wildman–Crippen MR) is 45.3 cm³/mol. The Morgan fingerprint density at radius 3 is 3.00 bits per heavy atom. The van der Waals surface area contributed by atoms with Crippen LogP contribution in [0.15, 0.2) is 16.7 Å². The first-order valence-electron chi connectivity index (χ1n) is 3.19. The molecule has 1 aromatic rings. The van der Waals surface area contributed by atoms with Gasteiger partial charge in [-0.25, -0.2) is 4.98 Å². The lowest BCUT2D eigenvalue weighted by atomic mass is 10.2. The normalized spacial score (nSPS) is 9.92. The van der Waals surface area contributed by atoms with Crippen molar-refractivity contribution in [2.24, 2.45) is 5.73 Å². The summed E-state index contributed by atoms with van der Waals surface area (Å²) in [6.07, 6.45) is 1.28. The van der Waals surface area contributed by atoms with Gasteiger partial charge in [-0.15, -0.1) is 0 Å². The Bertz CT molecular complexity index is 316. The van der Waals surface area contributed by atoms with Gasteiger partial charge in [0.05, 0.1) is 12.1 Å². The smallest absolute Gasteiger partial charge is 0.223 e. The number of pyridine rings is 1. The van der Waals surface area contributed by atoms with Crippen molar-refractivity contribution in [3.63, 3.8) is 0 Å². The van der Waals surface area contributed by atoms with Crippen molar-refractivity contribution in [2.45, 2.75) is 0 Å². The highest BCUT2D eigenvalue weighted by molar-refractivity contribution is 9.10. The van der Waals surface area contributed by atoms with E-state index in [2.05, 4.69) is 20.9 Å². The number of hydrogen-bond donors (Lipinski definition) is 1. The molecule has 3 nitrogen and oxygen atoms in total. The summed E-state index contributed by atoms with van der Waals surface area (Å²) in [4.78, 5) is 14.3. The van der Waals surface area contributed by atoms with Gasteiger partial charge in [-0.3, -0.25) is 4.79 Å². The zero-order chi connectivity index (χ0) is 9.14. The second kappa shape index (κ2) is 3.73. The first-order valence-corrected chi connectivity index (χ1v) is 3.98. The Hall–Kier alpha value is -0.810. The molecule has 1 heterocycles. The highest BCUT2D eigenvalue weighted by atomic mass is 79.9. The van der Waals surface area contributed by atoms with Crippen LogP contribution in [0.25, 0.3) is 0 Å². The van der Waals surface area contributed by atoms with Crippen LogP contribution in [0.3, 0.4) is 0 Å². The molecule has 0 saturated carbocycles. The standard InChI is InChI=1S/C7H6BrFN2O/c8-4-1-5(6(12)2-10)7(9)11-3-4/h1,3H,2,10H2. The van der Waals surface area contributed by atoms with Gasteiger partial charge in [0.15, 0.2) is 5.78 Å². The lowest BCUT2D eigenvalue weighted by Crippen LogP contribution is -2.15. The average molecular weight is 233 g/mol. The van der Waals surface area contributed by atoms with Crippen molar-refractivity contribution < 1.29 is 9.18 Å². The lowest BCUT2D eigenvalue weighted by molar-refractivity contribution is 0.0996. The van der Waals surface area contributed by atoms with E-state index in [1.54, 1.807) is 0 Å². The molecule has 0 radical (unpaired) electrons. The summed E-state index contributed by atoms with van der Waals surface area (Å²) >= 11 is 3.07. The van der Waals surface area contributed by atoms with Crippen LogP contribution in [0.2, 0.25) is 0 Å². The second-order valence-electron chi connectivity index (χ2n) is 2.12. The molecule has 0 aliphatic heterocycles. The average Bonchev–Trinajstić information content (AvgIpc) is 2.08. The molecule has 0 amide bonds. The maximum atomic E-state index is 12.8. The van der Waals surface area contributed by atoms with E-state index in [1.807, 2.05) is 0 Å². The Balaban J connectivity index is 3.13. The van der Waals surface area contributed by atoms with E-state index < -0.39 is 11.7 Å². The molecule has 0 atom stereocenters. The molecule has 0 spiro atoms. The number of nitrogens with zero attached hydrogens (tertiary/aromatic N) is 1. The molecule has 0 unspecified atom stereocenters. The van der Waals surface area contributed by atoms with E-state index in [1.165, 1.54) is 12.3 Å². The van der Waals surface area contributed by atoms with Crippen molar-refractivity contribution in [3.05, 3.63) is 28.2 Å². The monoisotopic (exact) mass is 232 g/mol. The number of hydrogen-bond acceptors (Lipinski definition) is 3. The fourth-order valence-corrected chi connectivity index (χ4v) is 1.06. The molecule has 0 fully saturated rings. The fraction of sp³-hybridized carbons (Fsp3) is 0.143. The van der Waals surface area contributed by atoms with Crippen LogP contribution < -0.4 is 5.73 Å². The number of halogens is 2. The van der Waals surface area contributed by atoms with Crippen LogP contribution in [0.5, 0.6) is 0 Å². The Morgan fingerprint density at radius 1 is 1.75 bits per heavy atom. The van der Waals surface area contributed by atoms with E-state index in [-0.39, 0.29) is 12.1 Å². The first kappa shape index (κ1) is 9.28. The summed E-state index contributed by atoms with van der Waals surface area (Å²) in [5.41, 5.74) is 4.99. The molecule has 0 bridgehead atoms. The van der Waals surface area contributed by atoms with Crippen LogP contribution in [0, 0.1) is 5.95 Å². The van der Waals surface area contributed by atoms with Crippen molar-refractivity contribution in [3.8, 4) is 0 Å². The third-order valence-corrected chi connectivity index (χ3v) is 1.73. The molecule has 0 aromatic carbocycles. The minimum Gasteiger partial charge on any atom is -0.324 e. The highest BCUT2D eigenvalue weighted by Crippen LogP contribution is 2.12. The molecule has 0 saturated heterocycles. The van der Waals surface area contributed by atoms with E-state index in [0.717, 1.165) is 0 Å². The zero-order valence-corrected chi connectivity index (χ0v) is 7.64. The lowest BCUT2D eigenvalue weighted by Gasteiger charge is -1.98. The summed E-state index contributed by atoms with van der Waals surface area (Å²) < 4.78 is 13.4. The van der Waals surface area contributed by atoms with E-state index >= 15 is 0 Å². The van der Waals surface area contributed by atoms with Gasteiger partial charge < -0.3 is 5.73 Å². The molecule has 2 N–H and O–H groups in total. The maximum absolute atomic E-state index is 12.8. The van der Waals surface area contributed by atoms with Crippen LogP contribution in [-0.2, 0) is 0 Å². The van der Waals surface area contributed by atoms with Gasteiger partial charge in [0.25, 0.3) is 0 Å². The summed E-state index contributed by atoms with van der Waals surface area (Å²) in [6, 6.07) is 1.36. The number of nitrogens with two attached hydrogens (primary N) is 1. The molecular formula is C7H6BrFN2O. The van der Waals surface area contributed by atoms with E-state index in [9.17, 15) is 9.18 Å². The number of carbonyl (C=O) groups is 1. The SMILES string of the molecule is NCC(=O)c1cc(Br)cnc1F. The third-order valence-electron chi connectivity index (χ3n) is 1.29. The molecule has 1 aromatic heterocycles. The van der Waals surface area contributed by atoms with Crippen LogP contribution in [-0.4, -0.2) is 17.3 Å². The van der Waals surface area contributed by atoms with Crippen molar-refractivity contribution in [1.29, 1.82) is 0 Å². The van der Waals surface area contributed by atoms with Crippen molar-refractivity contribution >= 4 is 21.7 Å². The number of ketones is 1. The molecule has 0 aliphatic carbocycles. The predicted octanol–water partition coefficient (Wildman–Crippen LogP) is 1.12. The maximum Gasteiger partial charge on any atom is 0.223 e. The largest absolute Gasteiger partial charge is 0.324 e. The van der Waals surface area contributed by atoms with Gasteiger partial charge in [-0.1, -0.05) is 0 Å². The van der Waals surface area contributed by atoms with E-state index in [0.29, 0.717) is 4.47 Å².